The van der Waals surface area contributed by atoms with Gasteiger partial charge in [0, 0.05) is 26.0 Å². The second-order valence-corrected chi connectivity index (χ2v) is 8.35. The van der Waals surface area contributed by atoms with Crippen LogP contribution in [0.1, 0.15) is 40.1 Å². The Bertz CT molecular complexity index is 1270. The minimum atomic E-state index is -1.36. The number of ether oxygens (including phenoxy) is 3. The van der Waals surface area contributed by atoms with Crippen LogP contribution < -0.4 is 5.32 Å². The molecule has 0 unspecified atom stereocenters. The summed E-state index contributed by atoms with van der Waals surface area (Å²) in [6, 6.07) is 8.44. The number of rotatable bonds is 10. The highest BCUT2D eigenvalue weighted by atomic mass is 16.5. The third-order valence-electron chi connectivity index (χ3n) is 5.82. The molecule has 38 heavy (non-hydrogen) atoms. The molecule has 1 aliphatic heterocycles. The van der Waals surface area contributed by atoms with E-state index in [4.69, 9.17) is 14.6 Å². The summed E-state index contributed by atoms with van der Waals surface area (Å²) in [5, 5.41) is 11.6. The number of hydrogen-bond donors (Lipinski definition) is 2. The minimum Gasteiger partial charge on any atom is -0.478 e. The molecule has 2 N–H and O–H groups in total. The van der Waals surface area contributed by atoms with Crippen LogP contribution in [0, 0.1) is 0 Å². The van der Waals surface area contributed by atoms with Crippen molar-refractivity contribution in [2.24, 2.45) is 0 Å². The molecule has 3 rings (SSSR count). The zero-order valence-corrected chi connectivity index (χ0v) is 20.9. The number of fused-ring (bicyclic) bond motifs is 1. The summed E-state index contributed by atoms with van der Waals surface area (Å²) in [7, 11) is 1.09. The molecule has 0 spiro atoms. The maximum atomic E-state index is 13.4. The summed E-state index contributed by atoms with van der Waals surface area (Å²) < 4.78 is 14.5. The van der Waals surface area contributed by atoms with Crippen LogP contribution in [0.5, 0.6) is 0 Å². The molecule has 2 aromatic carbocycles. The summed E-state index contributed by atoms with van der Waals surface area (Å²) in [6.07, 6.45) is 0. The number of carboxylic acid groups (broad SMARTS) is 1. The van der Waals surface area contributed by atoms with Crippen molar-refractivity contribution in [3.8, 4) is 11.1 Å². The van der Waals surface area contributed by atoms with Crippen molar-refractivity contribution in [1.29, 1.82) is 0 Å². The molecule has 0 fully saturated rings. The molecule has 2 aromatic rings. The lowest BCUT2D eigenvalue weighted by atomic mass is 9.96. The maximum absolute atomic E-state index is 13.4. The van der Waals surface area contributed by atoms with Gasteiger partial charge in [-0.2, -0.15) is 0 Å². The van der Waals surface area contributed by atoms with E-state index in [0.29, 0.717) is 22.3 Å². The van der Waals surface area contributed by atoms with E-state index < -0.39 is 61.0 Å². The number of nitrogens with zero attached hydrogens (tertiary/aromatic N) is 1. The van der Waals surface area contributed by atoms with E-state index in [0.717, 1.165) is 21.0 Å². The second kappa shape index (κ2) is 12.0. The van der Waals surface area contributed by atoms with Crippen LogP contribution in [0.2, 0.25) is 0 Å². The lowest BCUT2D eigenvalue weighted by Gasteiger charge is -2.28. The largest absolute Gasteiger partial charge is 0.478 e. The van der Waals surface area contributed by atoms with Crippen LogP contribution in [0.3, 0.4) is 0 Å². The van der Waals surface area contributed by atoms with Gasteiger partial charge in [0.15, 0.2) is 6.04 Å². The smallest absolute Gasteiger partial charge is 0.335 e. The topological polar surface area (TPSA) is 166 Å². The first-order valence-electron chi connectivity index (χ1n) is 11.4. The molecular weight excluding hydrogens is 500 g/mol. The highest BCUT2D eigenvalue weighted by Gasteiger charge is 2.39. The molecule has 0 aliphatic carbocycles. The molecule has 0 aromatic heterocycles. The molecule has 0 bridgehead atoms. The number of nitrogens with one attached hydrogen (secondary N) is 1. The Balaban J connectivity index is 1.91. The fourth-order valence-electron chi connectivity index (χ4n) is 3.95. The zero-order valence-electron chi connectivity index (χ0n) is 20.9. The summed E-state index contributed by atoms with van der Waals surface area (Å²) in [5.74, 6) is -4.66. The first-order valence-corrected chi connectivity index (χ1v) is 11.4. The van der Waals surface area contributed by atoms with Crippen LogP contribution in [0.4, 0.5) is 0 Å². The summed E-state index contributed by atoms with van der Waals surface area (Å²) in [4.78, 5) is 73.9. The Labute approximate surface area is 217 Å². The molecule has 0 radical (unpaired) electrons. The van der Waals surface area contributed by atoms with Gasteiger partial charge in [0.1, 0.15) is 19.3 Å². The normalized spacial score (nSPS) is 13.7. The van der Waals surface area contributed by atoms with Crippen LogP contribution in [-0.4, -0.2) is 78.1 Å². The Morgan fingerprint density at radius 3 is 2.13 bits per heavy atom. The van der Waals surface area contributed by atoms with E-state index >= 15 is 0 Å². The molecule has 2 amide bonds. The number of methoxy groups -OCH3 is 1. The van der Waals surface area contributed by atoms with Gasteiger partial charge in [0.2, 0.25) is 5.91 Å². The number of hydrogen-bond acceptors (Lipinski definition) is 9. The van der Waals surface area contributed by atoms with E-state index in [1.165, 1.54) is 17.0 Å². The predicted octanol–water partition coefficient (Wildman–Crippen LogP) is 1.16. The Morgan fingerprint density at radius 2 is 1.55 bits per heavy atom. The first kappa shape index (κ1) is 27.8. The number of benzene rings is 2. The van der Waals surface area contributed by atoms with Crippen molar-refractivity contribution in [2.45, 2.75) is 32.5 Å². The monoisotopic (exact) mass is 526 g/mol. The van der Waals surface area contributed by atoms with Gasteiger partial charge in [-0.25, -0.2) is 9.59 Å². The Kier molecular flexibility index (Phi) is 8.79. The van der Waals surface area contributed by atoms with Gasteiger partial charge in [0.05, 0.1) is 12.7 Å². The third-order valence-corrected chi connectivity index (χ3v) is 5.82. The zero-order chi connectivity index (χ0) is 28.0. The summed E-state index contributed by atoms with van der Waals surface area (Å²) in [5.41, 5.74) is 2.32. The van der Waals surface area contributed by atoms with Gasteiger partial charge in [-0.05, 0) is 34.9 Å². The van der Waals surface area contributed by atoms with E-state index in [2.05, 4.69) is 10.1 Å². The van der Waals surface area contributed by atoms with E-state index in [9.17, 15) is 28.8 Å². The van der Waals surface area contributed by atoms with Gasteiger partial charge in [-0.1, -0.05) is 24.3 Å². The molecule has 2 atom stereocenters. The van der Waals surface area contributed by atoms with Crippen LogP contribution in [0.25, 0.3) is 11.1 Å². The average Bonchev–Trinajstić information content (AvgIpc) is 3.22. The van der Waals surface area contributed by atoms with Gasteiger partial charge in [-0.15, -0.1) is 0 Å². The van der Waals surface area contributed by atoms with Crippen molar-refractivity contribution in [2.75, 3.05) is 20.3 Å². The molecule has 1 aliphatic rings. The summed E-state index contributed by atoms with van der Waals surface area (Å²) in [6.45, 7) is 1.25. The number of esters is 3. The van der Waals surface area contributed by atoms with E-state index in [1.54, 1.807) is 30.3 Å². The SMILES string of the molecule is COC(=O)[C@H](COC(C)=O)NC(=O)[C@H](COC(C)=O)N1Cc2c(cccc2-c2ccc(C(=O)O)cc2)C1=O. The summed E-state index contributed by atoms with van der Waals surface area (Å²) >= 11 is 0. The van der Waals surface area contributed by atoms with Crippen LogP contribution >= 0.6 is 0 Å². The van der Waals surface area contributed by atoms with Crippen molar-refractivity contribution < 1.29 is 48.1 Å². The lowest BCUT2D eigenvalue weighted by Crippen LogP contribution is -2.55. The van der Waals surface area contributed by atoms with Gasteiger partial charge < -0.3 is 29.5 Å². The van der Waals surface area contributed by atoms with Crippen molar-refractivity contribution in [3.63, 3.8) is 0 Å². The van der Waals surface area contributed by atoms with E-state index in [1.807, 2.05) is 0 Å². The average molecular weight is 526 g/mol. The quantitative estimate of drug-likeness (QED) is 0.339. The number of carbonyl (C=O) groups excluding carboxylic acids is 5. The number of carboxylic acids is 1. The molecule has 0 saturated heterocycles. The third kappa shape index (κ3) is 6.33. The predicted molar refractivity (Wildman–Crippen MR) is 130 cm³/mol. The molecule has 1 heterocycles. The lowest BCUT2D eigenvalue weighted by molar-refractivity contribution is -0.153. The number of aromatic carboxylic acids is 1. The fourth-order valence-corrected chi connectivity index (χ4v) is 3.95. The maximum Gasteiger partial charge on any atom is 0.335 e. The van der Waals surface area contributed by atoms with Crippen LogP contribution in [0.15, 0.2) is 42.5 Å². The molecule has 12 nitrogen and oxygen atoms in total. The second-order valence-electron chi connectivity index (χ2n) is 8.35. The standard InChI is InChI=1S/C26H26N2O10/c1-14(29)37-12-21(26(35)36-3)27-23(31)22(13-38-15(2)30)28-11-20-18(5-4-6-19(20)24(28)32)16-7-9-17(10-8-16)25(33)34/h4-10,21-22H,11-13H2,1-3H3,(H,27,31)(H,33,34)/t21-,22-/m0/s1. The van der Waals surface area contributed by atoms with Gasteiger partial charge in [0.25, 0.3) is 5.91 Å². The Morgan fingerprint density at radius 1 is 0.947 bits per heavy atom. The molecule has 12 heteroatoms. The molecule has 0 saturated carbocycles. The molecular formula is C26H26N2O10. The van der Waals surface area contributed by atoms with Crippen LogP contribution in [-0.2, 0) is 39.9 Å². The highest BCUT2D eigenvalue weighted by Crippen LogP contribution is 2.34. The Hall–Kier alpha value is -4.74. The van der Waals surface area contributed by atoms with Crippen molar-refractivity contribution in [1.82, 2.24) is 10.2 Å². The van der Waals surface area contributed by atoms with Gasteiger partial charge in [-0.3, -0.25) is 19.2 Å². The van der Waals surface area contributed by atoms with Gasteiger partial charge >= 0.3 is 23.9 Å². The van der Waals surface area contributed by atoms with Crippen molar-refractivity contribution in [3.05, 3.63) is 59.2 Å². The molecule has 200 valence electrons. The number of carbonyl (C=O) groups is 6. The fraction of sp³-hybridized carbons (Fsp3) is 0.308. The highest BCUT2D eigenvalue weighted by molar-refractivity contribution is 6.03. The van der Waals surface area contributed by atoms with Crippen molar-refractivity contribution >= 4 is 35.7 Å². The minimum absolute atomic E-state index is 0.0305. The van der Waals surface area contributed by atoms with E-state index in [-0.39, 0.29) is 12.1 Å². The number of amides is 2. The first-order chi connectivity index (χ1) is 18.0.